The minimum absolute atomic E-state index is 0.221. The molecule has 16 heavy (non-hydrogen) atoms. The second-order valence-electron chi connectivity index (χ2n) is 3.46. The number of halogens is 1. The molecule has 0 spiro atoms. The summed E-state index contributed by atoms with van der Waals surface area (Å²) in [7, 11) is 1.98. The van der Waals surface area contributed by atoms with Gasteiger partial charge in [0.15, 0.2) is 0 Å². The van der Waals surface area contributed by atoms with Crippen LogP contribution in [0.5, 0.6) is 0 Å². The second-order valence-corrected chi connectivity index (χ2v) is 5.32. The molecule has 2 heterocycles. The van der Waals surface area contributed by atoms with Gasteiger partial charge in [-0.2, -0.15) is 5.10 Å². The molecule has 0 saturated carbocycles. The lowest BCUT2D eigenvalue weighted by molar-refractivity contribution is 0.567. The van der Waals surface area contributed by atoms with Crippen LogP contribution < -0.4 is 5.32 Å². The molecule has 0 aliphatic heterocycles. The number of aromatic nitrogens is 2. The molecule has 1 unspecified atom stereocenters. The second kappa shape index (κ2) is 5.12. The van der Waals surface area contributed by atoms with Gasteiger partial charge in [0.05, 0.1) is 11.7 Å². The molecule has 0 bridgehead atoms. The number of nitrogens with one attached hydrogen (secondary N) is 1. The van der Waals surface area contributed by atoms with Gasteiger partial charge in [-0.3, -0.25) is 4.68 Å². The van der Waals surface area contributed by atoms with Gasteiger partial charge in [0.1, 0.15) is 0 Å². The molecule has 2 aromatic rings. The molecule has 1 N–H and O–H groups in total. The van der Waals surface area contributed by atoms with Gasteiger partial charge in [-0.05, 0) is 42.0 Å². The van der Waals surface area contributed by atoms with E-state index >= 15 is 0 Å². The minimum atomic E-state index is 0.221. The first kappa shape index (κ1) is 11.8. The standard InChI is InChI=1S/C11H14BrN3S/c1-3-15-9(4-5-14-15)11(13-2)10-6-8(12)7-16-10/h4-7,11,13H,3H2,1-2H3. The van der Waals surface area contributed by atoms with E-state index in [4.69, 9.17) is 0 Å². The van der Waals surface area contributed by atoms with E-state index in [2.05, 4.69) is 50.8 Å². The molecule has 1 atom stereocenters. The number of hydrogen-bond acceptors (Lipinski definition) is 3. The normalized spacial score (nSPS) is 12.9. The Kier molecular flexibility index (Phi) is 3.78. The van der Waals surface area contributed by atoms with Crippen LogP contribution in [0.25, 0.3) is 0 Å². The zero-order chi connectivity index (χ0) is 11.5. The first-order valence-electron chi connectivity index (χ1n) is 5.19. The van der Waals surface area contributed by atoms with E-state index in [1.54, 1.807) is 11.3 Å². The number of rotatable bonds is 4. The molecule has 5 heteroatoms. The summed E-state index contributed by atoms with van der Waals surface area (Å²) in [6, 6.07) is 4.44. The van der Waals surface area contributed by atoms with Gasteiger partial charge in [0.25, 0.3) is 0 Å². The Morgan fingerprint density at radius 2 is 2.44 bits per heavy atom. The fourth-order valence-electron chi connectivity index (χ4n) is 1.77. The molecule has 0 saturated heterocycles. The van der Waals surface area contributed by atoms with Gasteiger partial charge < -0.3 is 5.32 Å². The smallest absolute Gasteiger partial charge is 0.0839 e. The van der Waals surface area contributed by atoms with E-state index in [1.165, 1.54) is 10.6 Å². The Hall–Kier alpha value is -0.650. The van der Waals surface area contributed by atoms with Crippen molar-refractivity contribution in [1.29, 1.82) is 0 Å². The first-order chi connectivity index (χ1) is 7.76. The van der Waals surface area contributed by atoms with Gasteiger partial charge in [-0.15, -0.1) is 11.3 Å². The van der Waals surface area contributed by atoms with Crippen LogP contribution in [0.4, 0.5) is 0 Å². The van der Waals surface area contributed by atoms with Crippen molar-refractivity contribution in [3.8, 4) is 0 Å². The quantitative estimate of drug-likeness (QED) is 0.940. The summed E-state index contributed by atoms with van der Waals surface area (Å²) < 4.78 is 3.16. The zero-order valence-corrected chi connectivity index (χ0v) is 11.7. The van der Waals surface area contributed by atoms with Crippen molar-refractivity contribution in [1.82, 2.24) is 15.1 Å². The fourth-order valence-corrected chi connectivity index (χ4v) is 3.33. The number of nitrogens with zero attached hydrogens (tertiary/aromatic N) is 2. The summed E-state index contributed by atoms with van der Waals surface area (Å²) in [4.78, 5) is 1.30. The molecule has 0 fully saturated rings. The Balaban J connectivity index is 2.36. The largest absolute Gasteiger partial charge is 0.307 e. The van der Waals surface area contributed by atoms with Crippen LogP contribution >= 0.6 is 27.3 Å². The lowest BCUT2D eigenvalue weighted by Gasteiger charge is -2.15. The van der Waals surface area contributed by atoms with E-state index in [-0.39, 0.29) is 6.04 Å². The van der Waals surface area contributed by atoms with Crippen molar-refractivity contribution in [2.75, 3.05) is 7.05 Å². The summed E-state index contributed by atoms with van der Waals surface area (Å²) in [5, 5.41) is 9.75. The summed E-state index contributed by atoms with van der Waals surface area (Å²) >= 11 is 5.24. The topological polar surface area (TPSA) is 29.9 Å². The van der Waals surface area contributed by atoms with E-state index in [9.17, 15) is 0 Å². The number of thiophene rings is 1. The average molecular weight is 300 g/mol. The lowest BCUT2D eigenvalue weighted by Crippen LogP contribution is -2.20. The monoisotopic (exact) mass is 299 g/mol. The maximum Gasteiger partial charge on any atom is 0.0839 e. The van der Waals surface area contributed by atoms with Gasteiger partial charge in [-0.25, -0.2) is 0 Å². The van der Waals surface area contributed by atoms with Crippen molar-refractivity contribution >= 4 is 27.3 Å². The highest BCUT2D eigenvalue weighted by molar-refractivity contribution is 9.10. The van der Waals surface area contributed by atoms with Crippen LogP contribution in [0.1, 0.15) is 23.5 Å². The fraction of sp³-hybridized carbons (Fsp3) is 0.364. The third kappa shape index (κ3) is 2.21. The molecule has 0 radical (unpaired) electrons. The van der Waals surface area contributed by atoms with E-state index in [1.807, 2.05) is 17.9 Å². The zero-order valence-electron chi connectivity index (χ0n) is 9.27. The molecule has 2 rings (SSSR count). The molecule has 0 aromatic carbocycles. The van der Waals surface area contributed by atoms with Crippen molar-refractivity contribution in [3.63, 3.8) is 0 Å². The van der Waals surface area contributed by atoms with Crippen LogP contribution in [0.15, 0.2) is 28.2 Å². The minimum Gasteiger partial charge on any atom is -0.307 e. The molecule has 0 amide bonds. The van der Waals surface area contributed by atoms with Crippen molar-refractivity contribution in [2.24, 2.45) is 0 Å². The maximum atomic E-state index is 4.31. The lowest BCUT2D eigenvalue weighted by atomic mass is 10.1. The summed E-state index contributed by atoms with van der Waals surface area (Å²) in [6.45, 7) is 3.00. The van der Waals surface area contributed by atoms with Crippen LogP contribution in [0.3, 0.4) is 0 Å². The third-order valence-corrected chi connectivity index (χ3v) is 4.26. The summed E-state index contributed by atoms with van der Waals surface area (Å²) in [6.07, 6.45) is 1.85. The van der Waals surface area contributed by atoms with Gasteiger partial charge in [-0.1, -0.05) is 0 Å². The Morgan fingerprint density at radius 3 is 3.00 bits per heavy atom. The molecule has 3 nitrogen and oxygen atoms in total. The van der Waals surface area contributed by atoms with Crippen LogP contribution in [0.2, 0.25) is 0 Å². The maximum absolute atomic E-state index is 4.31. The third-order valence-electron chi connectivity index (χ3n) is 2.51. The van der Waals surface area contributed by atoms with E-state index in [0.717, 1.165) is 11.0 Å². The van der Waals surface area contributed by atoms with Gasteiger partial charge in [0, 0.05) is 27.5 Å². The van der Waals surface area contributed by atoms with Crippen LogP contribution in [0, 0.1) is 0 Å². The predicted octanol–water partition coefficient (Wildman–Crippen LogP) is 3.04. The van der Waals surface area contributed by atoms with Gasteiger partial charge >= 0.3 is 0 Å². The summed E-state index contributed by atoms with van der Waals surface area (Å²) in [5.41, 5.74) is 1.21. The molecule has 86 valence electrons. The SMILES string of the molecule is CCn1nccc1C(NC)c1cc(Br)cs1. The van der Waals surface area contributed by atoms with Crippen LogP contribution in [-0.2, 0) is 6.54 Å². The number of aryl methyl sites for hydroxylation is 1. The number of hydrogen-bond donors (Lipinski definition) is 1. The summed E-state index contributed by atoms with van der Waals surface area (Å²) in [5.74, 6) is 0. The molecule has 0 aliphatic rings. The Bertz CT molecular complexity index is 463. The van der Waals surface area contributed by atoms with Gasteiger partial charge in [0.2, 0.25) is 0 Å². The Labute approximate surface area is 108 Å². The molecular weight excluding hydrogens is 286 g/mol. The van der Waals surface area contributed by atoms with Crippen molar-refractivity contribution in [2.45, 2.75) is 19.5 Å². The van der Waals surface area contributed by atoms with Crippen LogP contribution in [-0.4, -0.2) is 16.8 Å². The first-order valence-corrected chi connectivity index (χ1v) is 6.86. The molecule has 0 aliphatic carbocycles. The molecular formula is C11H14BrN3S. The van der Waals surface area contributed by atoms with Crippen molar-refractivity contribution in [3.05, 3.63) is 38.8 Å². The van der Waals surface area contributed by atoms with E-state index in [0.29, 0.717) is 0 Å². The molecule has 2 aromatic heterocycles. The highest BCUT2D eigenvalue weighted by atomic mass is 79.9. The highest BCUT2D eigenvalue weighted by Gasteiger charge is 2.17. The Morgan fingerprint density at radius 1 is 1.62 bits per heavy atom. The average Bonchev–Trinajstić information content (AvgIpc) is 2.89. The van der Waals surface area contributed by atoms with Crippen molar-refractivity contribution < 1.29 is 0 Å². The highest BCUT2D eigenvalue weighted by Crippen LogP contribution is 2.29. The van der Waals surface area contributed by atoms with E-state index < -0.39 is 0 Å². The predicted molar refractivity (Wildman–Crippen MR) is 70.8 cm³/mol.